The molecule has 4 aromatic rings. The molecule has 0 fully saturated rings. The number of aromatic nitrogens is 4. The number of nitrogen functional groups attached to an aromatic ring is 1. The topological polar surface area (TPSA) is 199 Å². The number of thiazole rings is 2. The number of amides is 2. The van der Waals surface area contributed by atoms with Crippen LogP contribution in [0.4, 0.5) is 21.2 Å². The molecule has 0 aromatic carbocycles. The number of hydroxylamine groups is 1. The van der Waals surface area contributed by atoms with Gasteiger partial charge in [-0.2, -0.15) is 5.48 Å². The van der Waals surface area contributed by atoms with Crippen molar-refractivity contribution in [1.29, 1.82) is 0 Å². The van der Waals surface area contributed by atoms with Crippen molar-refractivity contribution >= 4 is 46.5 Å². The summed E-state index contributed by atoms with van der Waals surface area (Å²) in [7, 11) is 0. The maximum Gasteiger partial charge on any atom is 0.431 e. The number of nitrogens with zero attached hydrogens (tertiary/aromatic N) is 4. The number of nitrogens with two attached hydrogens (primary N) is 2. The quantitative estimate of drug-likeness (QED) is 0.132. The van der Waals surface area contributed by atoms with E-state index in [1.165, 1.54) is 22.7 Å². The number of pyridine rings is 2. The van der Waals surface area contributed by atoms with E-state index in [-0.39, 0.29) is 28.9 Å². The zero-order valence-electron chi connectivity index (χ0n) is 25.2. The molecule has 6 N–H and O–H groups in total. The van der Waals surface area contributed by atoms with Gasteiger partial charge in [-0.15, -0.1) is 22.7 Å². The number of anilines is 2. The summed E-state index contributed by atoms with van der Waals surface area (Å²) in [5.41, 5.74) is 9.70. The molecule has 0 aliphatic rings. The lowest BCUT2D eigenvalue weighted by Gasteiger charge is -2.19. The SMILES string of the molecule is C.C.C.CC(C)(C)OC(=O)NOCc1ccc(-c2nc(NC(=O)OC(C)(C)C)cs2)cn1.NOCc1ccc(-c2nc(N)cs2)cn1. The number of hydrogen-bond acceptors (Lipinski definition) is 14. The van der Waals surface area contributed by atoms with Crippen molar-refractivity contribution in [3.63, 3.8) is 0 Å². The average Bonchev–Trinajstić information content (AvgIpc) is 3.57. The van der Waals surface area contributed by atoms with E-state index in [4.69, 9.17) is 25.9 Å². The molecule has 0 saturated carbocycles. The first-order chi connectivity index (χ1) is 20.7. The van der Waals surface area contributed by atoms with Gasteiger partial charge in [0.05, 0.1) is 11.4 Å². The average molecular weight is 693 g/mol. The molecule has 4 rings (SSSR count). The lowest BCUT2D eigenvalue weighted by molar-refractivity contribution is -0.0144. The smallest absolute Gasteiger partial charge is 0.431 e. The summed E-state index contributed by atoms with van der Waals surface area (Å²) in [5.74, 6) is 5.89. The van der Waals surface area contributed by atoms with Gasteiger partial charge in [0.15, 0.2) is 0 Å². The lowest BCUT2D eigenvalue weighted by atomic mass is 10.2. The molecule has 0 bridgehead atoms. The first-order valence-electron chi connectivity index (χ1n) is 13.2. The van der Waals surface area contributed by atoms with Gasteiger partial charge in [0.1, 0.15) is 46.1 Å². The molecule has 14 nitrogen and oxygen atoms in total. The molecule has 4 heterocycles. The fourth-order valence-corrected chi connectivity index (χ4v) is 4.56. The lowest BCUT2D eigenvalue weighted by Crippen LogP contribution is -2.32. The van der Waals surface area contributed by atoms with Gasteiger partial charge in [-0.25, -0.2) is 25.5 Å². The van der Waals surface area contributed by atoms with E-state index in [9.17, 15) is 9.59 Å². The monoisotopic (exact) mass is 692 g/mol. The second-order valence-electron chi connectivity index (χ2n) is 11.0. The Labute approximate surface area is 285 Å². The zero-order chi connectivity index (χ0) is 32.3. The Balaban J connectivity index is 0.000000997. The second-order valence-corrected chi connectivity index (χ2v) is 12.7. The van der Waals surface area contributed by atoms with Gasteiger partial charge in [-0.3, -0.25) is 25.0 Å². The van der Waals surface area contributed by atoms with Gasteiger partial charge in [0.25, 0.3) is 0 Å². The predicted molar refractivity (Wildman–Crippen MR) is 188 cm³/mol. The summed E-state index contributed by atoms with van der Waals surface area (Å²) in [4.78, 5) is 49.9. The Kier molecular flexibility index (Phi) is 17.7. The van der Waals surface area contributed by atoms with Crippen molar-refractivity contribution in [2.24, 2.45) is 5.90 Å². The van der Waals surface area contributed by atoms with Gasteiger partial charge in [-0.1, -0.05) is 22.3 Å². The van der Waals surface area contributed by atoms with Crippen LogP contribution in [0.2, 0.25) is 0 Å². The third-order valence-corrected chi connectivity index (χ3v) is 6.61. The Morgan fingerprint density at radius 3 is 1.74 bits per heavy atom. The van der Waals surface area contributed by atoms with E-state index in [0.29, 0.717) is 28.9 Å². The van der Waals surface area contributed by atoms with Crippen LogP contribution in [0.1, 0.15) is 75.2 Å². The molecule has 0 radical (unpaired) electrons. The van der Waals surface area contributed by atoms with E-state index in [1.807, 2.05) is 18.2 Å². The largest absolute Gasteiger partial charge is 0.444 e. The van der Waals surface area contributed by atoms with Crippen LogP contribution in [-0.2, 0) is 32.4 Å². The summed E-state index contributed by atoms with van der Waals surface area (Å²) in [5, 5.41) is 7.68. The summed E-state index contributed by atoms with van der Waals surface area (Å²) in [6, 6.07) is 7.35. The molecule has 260 valence electrons. The Morgan fingerprint density at radius 2 is 1.28 bits per heavy atom. The highest BCUT2D eigenvalue weighted by Gasteiger charge is 2.18. The fourth-order valence-electron chi connectivity index (χ4n) is 3.12. The first kappa shape index (κ1) is 42.8. The molecule has 4 aromatic heterocycles. The van der Waals surface area contributed by atoms with Crippen molar-refractivity contribution < 1.29 is 28.7 Å². The molecule has 47 heavy (non-hydrogen) atoms. The minimum atomic E-state index is -0.665. The van der Waals surface area contributed by atoms with Crippen LogP contribution in [0.15, 0.2) is 47.4 Å². The van der Waals surface area contributed by atoms with Crippen molar-refractivity contribution in [3.05, 3.63) is 58.8 Å². The molecule has 2 amide bonds. The molecular weight excluding hydrogens is 645 g/mol. The van der Waals surface area contributed by atoms with E-state index in [1.54, 1.807) is 70.8 Å². The second kappa shape index (κ2) is 19.4. The van der Waals surface area contributed by atoms with E-state index in [2.05, 4.69) is 35.6 Å². The van der Waals surface area contributed by atoms with E-state index >= 15 is 0 Å². The maximum atomic E-state index is 11.8. The van der Waals surface area contributed by atoms with Crippen molar-refractivity contribution in [3.8, 4) is 21.1 Å². The minimum Gasteiger partial charge on any atom is -0.444 e. The van der Waals surface area contributed by atoms with E-state index in [0.717, 1.165) is 21.8 Å². The highest BCUT2D eigenvalue weighted by atomic mass is 32.1. The molecule has 0 aliphatic heterocycles. The van der Waals surface area contributed by atoms with Crippen LogP contribution in [0, 0.1) is 0 Å². The van der Waals surface area contributed by atoms with Gasteiger partial charge < -0.3 is 15.2 Å². The standard InChI is InChI=1S/C19H26N4O5S.C9H10N4OS.3CH4/c1-18(2,3)27-16(24)22-14-11-29-15(21-14)12-7-8-13(20-9-12)10-26-23-17(25)28-19(4,5)6;10-8-5-15-9(13-8)6-1-2-7(4-14-11)12-3-6;;;/h7-9,11H,10H2,1-6H3,(H,22,24)(H,23,25);1-3,5H,4,10-11H2;3*1H4. The van der Waals surface area contributed by atoms with Gasteiger partial charge >= 0.3 is 12.2 Å². The van der Waals surface area contributed by atoms with Gasteiger partial charge in [-0.05, 0) is 65.8 Å². The molecule has 16 heteroatoms. The Morgan fingerprint density at radius 1 is 0.766 bits per heavy atom. The number of hydrogen-bond donors (Lipinski definition) is 4. The van der Waals surface area contributed by atoms with Crippen LogP contribution in [0.5, 0.6) is 0 Å². The molecule has 0 unspecified atom stereocenters. The maximum absolute atomic E-state index is 11.8. The molecule has 0 spiro atoms. The summed E-state index contributed by atoms with van der Waals surface area (Å²) < 4.78 is 10.3. The Bertz CT molecular complexity index is 1500. The third kappa shape index (κ3) is 15.8. The molecule has 0 saturated heterocycles. The van der Waals surface area contributed by atoms with Crippen molar-refractivity contribution in [1.82, 2.24) is 25.4 Å². The number of rotatable bonds is 8. The normalized spacial score (nSPS) is 10.5. The zero-order valence-corrected chi connectivity index (χ0v) is 26.9. The Hall–Kier alpha value is -4.22. The number of carbonyl (C=O) groups is 2. The van der Waals surface area contributed by atoms with Gasteiger partial charge in [0, 0.05) is 34.3 Å². The van der Waals surface area contributed by atoms with Crippen LogP contribution in [-0.4, -0.2) is 43.3 Å². The number of ether oxygens (including phenoxy) is 2. The van der Waals surface area contributed by atoms with Crippen LogP contribution in [0.3, 0.4) is 0 Å². The van der Waals surface area contributed by atoms with Crippen LogP contribution < -0.4 is 22.4 Å². The molecule has 0 atom stereocenters. The minimum absolute atomic E-state index is 0. The molecular formula is C31H48N8O6S2. The van der Waals surface area contributed by atoms with Crippen molar-refractivity contribution in [2.45, 2.75) is 88.2 Å². The van der Waals surface area contributed by atoms with Crippen LogP contribution in [0.25, 0.3) is 21.1 Å². The summed E-state index contributed by atoms with van der Waals surface area (Å²) in [6.07, 6.45) is 2.15. The summed E-state index contributed by atoms with van der Waals surface area (Å²) >= 11 is 2.86. The highest BCUT2D eigenvalue weighted by Crippen LogP contribution is 2.26. The number of carbonyl (C=O) groups excluding carboxylic acids is 2. The molecule has 0 aliphatic carbocycles. The van der Waals surface area contributed by atoms with Gasteiger partial charge in [0.2, 0.25) is 0 Å². The van der Waals surface area contributed by atoms with Crippen LogP contribution >= 0.6 is 22.7 Å². The fraction of sp³-hybridized carbons (Fsp3) is 0.419. The first-order valence-corrected chi connectivity index (χ1v) is 15.0. The van der Waals surface area contributed by atoms with E-state index < -0.39 is 23.4 Å². The number of nitrogens with one attached hydrogen (secondary N) is 2. The predicted octanol–water partition coefficient (Wildman–Crippen LogP) is 7.59. The summed E-state index contributed by atoms with van der Waals surface area (Å²) in [6.45, 7) is 11.1. The highest BCUT2D eigenvalue weighted by molar-refractivity contribution is 7.13. The third-order valence-electron chi connectivity index (χ3n) is 4.80. The van der Waals surface area contributed by atoms with Crippen molar-refractivity contribution in [2.75, 3.05) is 11.1 Å².